The first-order valence-electron chi connectivity index (χ1n) is 24.2. The van der Waals surface area contributed by atoms with Gasteiger partial charge in [-0.15, -0.1) is 0 Å². The third-order valence-corrected chi connectivity index (χ3v) is 13.4. The minimum atomic E-state index is -0.977. The number of hydrogen-bond donors (Lipinski definition) is 4. The molecule has 0 spiro atoms. The molecule has 5 amide bonds. The van der Waals surface area contributed by atoms with E-state index in [9.17, 15) is 28.8 Å². The molecule has 4 N–H and O–H groups in total. The molecule has 2 saturated carbocycles. The normalized spacial score (nSPS) is 21.4. The van der Waals surface area contributed by atoms with Gasteiger partial charge in [0.1, 0.15) is 6.04 Å². The van der Waals surface area contributed by atoms with E-state index in [-0.39, 0.29) is 84.0 Å². The van der Waals surface area contributed by atoms with E-state index in [4.69, 9.17) is 0 Å². The van der Waals surface area contributed by atoms with Crippen molar-refractivity contribution in [2.24, 2.45) is 11.8 Å². The van der Waals surface area contributed by atoms with Crippen LogP contribution in [-0.2, 0) is 25.7 Å². The summed E-state index contributed by atoms with van der Waals surface area (Å²) in [7, 11) is 0. The molecule has 1 aromatic heterocycles. The topological polar surface area (TPSA) is 172 Å². The summed E-state index contributed by atoms with van der Waals surface area (Å²) in [6.45, 7) is 4.81. The Balaban J connectivity index is 1.02. The maximum atomic E-state index is 14.2. The van der Waals surface area contributed by atoms with Gasteiger partial charge in [-0.3, -0.25) is 33.3 Å². The highest BCUT2D eigenvalue weighted by atomic mass is 16.2. The zero-order valence-electron chi connectivity index (χ0n) is 38.1. The van der Waals surface area contributed by atoms with E-state index in [0.717, 1.165) is 75.3 Å². The van der Waals surface area contributed by atoms with Crippen molar-refractivity contribution >= 4 is 40.4 Å². The molecule has 1 saturated heterocycles. The van der Waals surface area contributed by atoms with Crippen LogP contribution in [0.1, 0.15) is 137 Å². The van der Waals surface area contributed by atoms with Crippen molar-refractivity contribution in [3.63, 3.8) is 0 Å². The Bertz CT molecular complexity index is 2240. The smallest absolute Gasteiger partial charge is 0.261 e. The van der Waals surface area contributed by atoms with Crippen LogP contribution in [0.5, 0.6) is 0 Å². The van der Waals surface area contributed by atoms with Gasteiger partial charge in [-0.1, -0.05) is 132 Å². The number of rotatable bonds is 24. The first-order chi connectivity index (χ1) is 31.6. The molecule has 1 aliphatic heterocycles. The van der Waals surface area contributed by atoms with Gasteiger partial charge in [0.05, 0.1) is 35.6 Å². The number of benzene rings is 3. The molecule has 0 bridgehead atoms. The Morgan fingerprint density at radius 1 is 0.692 bits per heavy atom. The molecule has 7 atom stereocenters. The summed E-state index contributed by atoms with van der Waals surface area (Å²) in [5.74, 6) is -2.50. The van der Waals surface area contributed by atoms with Crippen LogP contribution in [0.3, 0.4) is 0 Å². The molecule has 346 valence electrons. The van der Waals surface area contributed by atoms with E-state index in [1.807, 2.05) is 36.4 Å². The molecule has 7 rings (SSSR count). The molecule has 4 aromatic rings. The number of aromatic nitrogens is 2. The van der Waals surface area contributed by atoms with E-state index < -0.39 is 23.4 Å². The second-order valence-electron chi connectivity index (χ2n) is 18.4. The third kappa shape index (κ3) is 12.7. The van der Waals surface area contributed by atoms with Crippen molar-refractivity contribution in [3.05, 3.63) is 112 Å². The molecule has 13 heteroatoms. The van der Waals surface area contributed by atoms with E-state index in [1.54, 1.807) is 23.1 Å². The first kappa shape index (κ1) is 47.1. The molecule has 0 radical (unpaired) electrons. The van der Waals surface area contributed by atoms with Gasteiger partial charge in [-0.05, 0) is 55.0 Å². The number of nitrogens with zero attached hydrogens (tertiary/aromatic N) is 3. The second-order valence-corrected chi connectivity index (χ2v) is 18.4. The lowest BCUT2D eigenvalue weighted by atomic mass is 9.94. The average molecular weight is 886 g/mol. The average Bonchev–Trinajstić information content (AvgIpc) is 4.23. The number of amides is 5. The lowest BCUT2D eigenvalue weighted by molar-refractivity contribution is -0.133. The quantitative estimate of drug-likeness (QED) is 0.0564. The maximum absolute atomic E-state index is 14.2. The van der Waals surface area contributed by atoms with Gasteiger partial charge in [-0.2, -0.15) is 0 Å². The fourth-order valence-electron chi connectivity index (χ4n) is 9.32. The number of fused-ring (bicyclic) bond motifs is 1. The fraction of sp³-hybridized carbons (Fsp3) is 0.519. The van der Waals surface area contributed by atoms with Crippen LogP contribution >= 0.6 is 0 Å². The summed E-state index contributed by atoms with van der Waals surface area (Å²) in [4.78, 5) is 88.7. The van der Waals surface area contributed by atoms with Gasteiger partial charge in [0.25, 0.3) is 11.5 Å². The highest BCUT2D eigenvalue weighted by molar-refractivity contribution is 5.99. The van der Waals surface area contributed by atoms with Crippen molar-refractivity contribution in [3.8, 4) is 0 Å². The monoisotopic (exact) mass is 886 g/mol. The van der Waals surface area contributed by atoms with Gasteiger partial charge in [0.2, 0.25) is 23.6 Å². The van der Waals surface area contributed by atoms with Crippen LogP contribution in [0.15, 0.2) is 90.0 Å². The van der Waals surface area contributed by atoms with E-state index in [2.05, 4.69) is 64.4 Å². The van der Waals surface area contributed by atoms with Gasteiger partial charge >= 0.3 is 0 Å². The molecular weight excluding hydrogens is 819 g/mol. The zero-order valence-corrected chi connectivity index (χ0v) is 38.1. The number of hydrogen-bond acceptors (Lipinski definition) is 7. The lowest BCUT2D eigenvalue weighted by Crippen LogP contribution is -2.50. The first-order valence-corrected chi connectivity index (χ1v) is 24.2. The zero-order chi connectivity index (χ0) is 45.7. The fourth-order valence-corrected chi connectivity index (χ4v) is 9.32. The minimum Gasteiger partial charge on any atom is -0.354 e. The predicted molar refractivity (Wildman–Crippen MR) is 252 cm³/mol. The Morgan fingerprint density at radius 2 is 1.25 bits per heavy atom. The van der Waals surface area contributed by atoms with Crippen LogP contribution < -0.4 is 26.8 Å². The number of unbranched alkanes of at least 4 members (excludes halogenated alkanes) is 9. The number of carbonyl (C=O) groups is 5. The molecule has 2 aliphatic carbocycles. The van der Waals surface area contributed by atoms with Gasteiger partial charge in [0.15, 0.2) is 0 Å². The number of likely N-dealkylation sites (tertiary alicyclic amines) is 1. The third-order valence-electron chi connectivity index (χ3n) is 13.4. The summed E-state index contributed by atoms with van der Waals surface area (Å²) in [6, 6.07) is 23.7. The molecule has 3 fully saturated rings. The van der Waals surface area contributed by atoms with Crippen LogP contribution in [-0.4, -0.2) is 81.7 Å². The molecule has 3 aromatic carbocycles. The van der Waals surface area contributed by atoms with Crippen molar-refractivity contribution in [2.75, 3.05) is 19.6 Å². The van der Waals surface area contributed by atoms with Crippen molar-refractivity contribution in [1.82, 2.24) is 35.7 Å². The van der Waals surface area contributed by atoms with Gasteiger partial charge < -0.3 is 26.2 Å². The van der Waals surface area contributed by atoms with E-state index >= 15 is 0 Å². The van der Waals surface area contributed by atoms with Crippen LogP contribution in [0, 0.1) is 11.8 Å². The Labute approximate surface area is 382 Å². The summed E-state index contributed by atoms with van der Waals surface area (Å²) in [5.41, 5.74) is 2.48. The van der Waals surface area contributed by atoms with Crippen molar-refractivity contribution < 1.29 is 24.0 Å². The molecular formula is C52H67N7O6. The summed E-state index contributed by atoms with van der Waals surface area (Å²) in [6.07, 6.45) is 14.7. The van der Waals surface area contributed by atoms with Crippen LogP contribution in [0.4, 0.5) is 0 Å². The Morgan fingerprint density at radius 3 is 1.83 bits per heavy atom. The minimum absolute atomic E-state index is 0.0359. The predicted octanol–water partition coefficient (Wildman–Crippen LogP) is 6.75. The van der Waals surface area contributed by atoms with Crippen molar-refractivity contribution in [1.29, 1.82) is 0 Å². The van der Waals surface area contributed by atoms with Crippen LogP contribution in [0.25, 0.3) is 10.9 Å². The second kappa shape index (κ2) is 22.9. The van der Waals surface area contributed by atoms with Crippen molar-refractivity contribution in [2.45, 2.75) is 140 Å². The van der Waals surface area contributed by atoms with Gasteiger partial charge in [0, 0.05) is 55.5 Å². The van der Waals surface area contributed by atoms with E-state index in [0.29, 0.717) is 18.5 Å². The SMILES string of the molecule is CCCCCCCCCC(=O)NC(Cn1cnc2cc(C(=O)N3C[C@@H](C(=O)N[C@H]4C[C@@H]4c4ccccc4)[C@H](C(=O)N[C@H]4C[C@@H]4c4ccccc4)C3)ccc2c1=O)C(=O)NCCCCCC. The lowest BCUT2D eigenvalue weighted by Gasteiger charge is -2.20. The maximum Gasteiger partial charge on any atom is 0.261 e. The van der Waals surface area contributed by atoms with Crippen LogP contribution in [0.2, 0.25) is 0 Å². The number of nitrogens with one attached hydrogen (secondary N) is 4. The molecule has 65 heavy (non-hydrogen) atoms. The largest absolute Gasteiger partial charge is 0.354 e. The number of carbonyl (C=O) groups excluding carboxylic acids is 5. The Kier molecular flexibility index (Phi) is 16.6. The molecule has 3 aliphatic rings. The molecule has 2 heterocycles. The highest BCUT2D eigenvalue weighted by Crippen LogP contribution is 2.42. The molecule has 1 unspecified atom stereocenters. The summed E-state index contributed by atoms with van der Waals surface area (Å²) < 4.78 is 1.33. The highest BCUT2D eigenvalue weighted by Gasteiger charge is 2.49. The van der Waals surface area contributed by atoms with Gasteiger partial charge in [-0.25, -0.2) is 4.98 Å². The van der Waals surface area contributed by atoms with E-state index in [1.165, 1.54) is 30.2 Å². The molecule has 13 nitrogen and oxygen atoms in total. The summed E-state index contributed by atoms with van der Waals surface area (Å²) >= 11 is 0. The summed E-state index contributed by atoms with van der Waals surface area (Å²) in [5, 5.41) is 12.4. The Hall–Kier alpha value is -5.85. The standard InChI is InChI=1S/C52H67N7O6/c1-3-5-7-9-10-11-18-24-47(60)55-46(50(63)53-27-19-8-6-4-2)33-59-34-54-43-28-37(25-26-38(43)52(59)65)51(64)58-31-41(48(61)56-44-29-39(44)35-20-14-12-15-21-35)42(32-58)49(62)57-45-30-40(45)36-22-16-13-17-23-36/h12-17,20-23,25-26,28,34,39-42,44-46H,3-11,18-19,24,27,29-33H2,1-2H3,(H,53,63)(H,55,60)(H,56,61)(H,57,62)/t39-,40-,41-,42-,44+,45+,46?/m1/s1.